The minimum Gasteiger partial charge on any atom is -0.398 e. The number of anilines is 2. The Bertz CT molecular complexity index is 1010. The third-order valence-corrected chi connectivity index (χ3v) is 7.52. The SMILES string of the molecule is CN=Cc1cc(-c2cc(F)cnc2N2CCN(C3CCC4(C3)CN(C)C4)CC2)ccc1N. The van der Waals surface area contributed by atoms with Crippen LogP contribution in [0.15, 0.2) is 35.5 Å². The predicted octanol–water partition coefficient (Wildman–Crippen LogP) is 3.12. The molecule has 1 aliphatic carbocycles. The van der Waals surface area contributed by atoms with Gasteiger partial charge in [-0.05, 0) is 55.5 Å². The number of aliphatic imine (C=N–C) groups is 1. The third-order valence-electron chi connectivity index (χ3n) is 7.52. The lowest BCUT2D eigenvalue weighted by Crippen LogP contribution is -2.54. The summed E-state index contributed by atoms with van der Waals surface area (Å²) >= 11 is 0. The zero-order valence-electron chi connectivity index (χ0n) is 19.1. The van der Waals surface area contributed by atoms with Crippen LogP contribution in [0, 0.1) is 11.2 Å². The smallest absolute Gasteiger partial charge is 0.142 e. The molecule has 3 fully saturated rings. The van der Waals surface area contributed by atoms with Crippen LogP contribution in [-0.4, -0.2) is 80.4 Å². The van der Waals surface area contributed by atoms with Crippen molar-refractivity contribution in [3.8, 4) is 11.1 Å². The Balaban J connectivity index is 1.32. The molecule has 1 unspecified atom stereocenters. The number of halogens is 1. The van der Waals surface area contributed by atoms with Crippen molar-refractivity contribution in [2.75, 3.05) is 64.0 Å². The van der Waals surface area contributed by atoms with Crippen LogP contribution in [0.1, 0.15) is 24.8 Å². The van der Waals surface area contributed by atoms with Gasteiger partial charge in [-0.1, -0.05) is 6.07 Å². The van der Waals surface area contributed by atoms with Gasteiger partial charge in [0.05, 0.1) is 6.20 Å². The van der Waals surface area contributed by atoms with Crippen molar-refractivity contribution in [1.29, 1.82) is 0 Å². The fourth-order valence-electron chi connectivity index (χ4n) is 6.06. The summed E-state index contributed by atoms with van der Waals surface area (Å²) in [6.45, 7) is 6.41. The van der Waals surface area contributed by atoms with Crippen molar-refractivity contribution in [1.82, 2.24) is 14.8 Å². The minimum atomic E-state index is -0.327. The Morgan fingerprint density at radius 2 is 1.97 bits per heavy atom. The topological polar surface area (TPSA) is 61.0 Å². The van der Waals surface area contributed by atoms with Crippen LogP contribution < -0.4 is 10.6 Å². The first-order chi connectivity index (χ1) is 15.5. The summed E-state index contributed by atoms with van der Waals surface area (Å²) in [6.07, 6.45) is 7.08. The molecule has 2 aliphatic heterocycles. The average molecular weight is 437 g/mol. The number of hydrogen-bond acceptors (Lipinski definition) is 6. The largest absolute Gasteiger partial charge is 0.398 e. The molecule has 1 spiro atoms. The molecule has 0 bridgehead atoms. The van der Waals surface area contributed by atoms with E-state index in [2.05, 4.69) is 31.7 Å². The fraction of sp³-hybridized carbons (Fsp3) is 0.520. The molecule has 1 saturated carbocycles. The van der Waals surface area contributed by atoms with E-state index in [-0.39, 0.29) is 5.82 Å². The quantitative estimate of drug-likeness (QED) is 0.590. The van der Waals surface area contributed by atoms with Crippen LogP contribution in [0.2, 0.25) is 0 Å². The molecule has 32 heavy (non-hydrogen) atoms. The normalized spacial score (nSPS) is 23.8. The first kappa shape index (κ1) is 21.3. The van der Waals surface area contributed by atoms with Crippen molar-refractivity contribution < 1.29 is 4.39 Å². The van der Waals surface area contributed by atoms with Crippen molar-refractivity contribution in [3.05, 3.63) is 41.8 Å². The number of hydrogen-bond donors (Lipinski definition) is 1. The molecule has 3 aliphatic rings. The van der Waals surface area contributed by atoms with Crippen molar-refractivity contribution >= 4 is 17.7 Å². The molecule has 5 rings (SSSR count). The Hall–Kier alpha value is -2.51. The zero-order chi connectivity index (χ0) is 22.3. The van der Waals surface area contributed by atoms with E-state index >= 15 is 0 Å². The fourth-order valence-corrected chi connectivity index (χ4v) is 6.06. The monoisotopic (exact) mass is 436 g/mol. The van der Waals surface area contributed by atoms with E-state index in [0.717, 1.165) is 48.7 Å². The Morgan fingerprint density at radius 1 is 1.19 bits per heavy atom. The number of nitrogens with zero attached hydrogens (tertiary/aromatic N) is 5. The molecule has 7 heteroatoms. The Morgan fingerprint density at radius 3 is 2.69 bits per heavy atom. The number of aromatic nitrogens is 1. The van der Waals surface area contributed by atoms with E-state index in [1.165, 1.54) is 38.5 Å². The highest BCUT2D eigenvalue weighted by molar-refractivity contribution is 5.90. The molecule has 1 aromatic heterocycles. The molecule has 2 N–H and O–H groups in total. The summed E-state index contributed by atoms with van der Waals surface area (Å²) in [5.74, 6) is 0.519. The maximum Gasteiger partial charge on any atom is 0.142 e. The van der Waals surface area contributed by atoms with Gasteiger partial charge >= 0.3 is 0 Å². The van der Waals surface area contributed by atoms with E-state index in [9.17, 15) is 4.39 Å². The summed E-state index contributed by atoms with van der Waals surface area (Å²) in [7, 11) is 3.94. The van der Waals surface area contributed by atoms with Gasteiger partial charge in [0.25, 0.3) is 0 Å². The van der Waals surface area contributed by atoms with E-state index in [1.54, 1.807) is 19.3 Å². The lowest BCUT2D eigenvalue weighted by atomic mass is 9.78. The first-order valence-electron chi connectivity index (χ1n) is 11.6. The summed E-state index contributed by atoms with van der Waals surface area (Å²) in [6, 6.07) is 8.05. The second-order valence-corrected chi connectivity index (χ2v) is 9.85. The second kappa shape index (κ2) is 8.45. The van der Waals surface area contributed by atoms with Crippen LogP contribution in [0.25, 0.3) is 11.1 Å². The molecule has 170 valence electrons. The molecule has 1 atom stereocenters. The van der Waals surface area contributed by atoms with Gasteiger partial charge in [0.15, 0.2) is 0 Å². The maximum atomic E-state index is 14.2. The predicted molar refractivity (Wildman–Crippen MR) is 129 cm³/mol. The number of nitrogen functional groups attached to an aromatic ring is 1. The zero-order valence-corrected chi connectivity index (χ0v) is 19.1. The van der Waals surface area contributed by atoms with Gasteiger partial charge in [-0.2, -0.15) is 0 Å². The van der Waals surface area contributed by atoms with Crippen molar-refractivity contribution in [2.24, 2.45) is 10.4 Å². The number of pyridine rings is 1. The van der Waals surface area contributed by atoms with Crippen LogP contribution in [-0.2, 0) is 0 Å². The van der Waals surface area contributed by atoms with Crippen molar-refractivity contribution in [3.63, 3.8) is 0 Å². The Labute approximate surface area is 189 Å². The van der Waals surface area contributed by atoms with Gasteiger partial charge in [0, 0.05) is 75.4 Å². The third kappa shape index (κ3) is 3.99. The van der Waals surface area contributed by atoms with E-state index in [1.807, 2.05) is 18.2 Å². The van der Waals surface area contributed by atoms with E-state index in [4.69, 9.17) is 5.73 Å². The lowest BCUT2D eigenvalue weighted by Gasteiger charge is -2.47. The number of nitrogens with two attached hydrogens (primary N) is 1. The van der Waals surface area contributed by atoms with Crippen LogP contribution in [0.5, 0.6) is 0 Å². The second-order valence-electron chi connectivity index (χ2n) is 9.85. The number of likely N-dealkylation sites (tertiary alicyclic amines) is 1. The van der Waals surface area contributed by atoms with Crippen LogP contribution in [0.3, 0.4) is 0 Å². The highest BCUT2D eigenvalue weighted by atomic mass is 19.1. The van der Waals surface area contributed by atoms with Gasteiger partial charge in [-0.25, -0.2) is 9.37 Å². The Kier molecular flexibility index (Phi) is 5.63. The van der Waals surface area contributed by atoms with Gasteiger partial charge in [-0.15, -0.1) is 0 Å². The number of rotatable bonds is 4. The standard InChI is InChI=1S/C25H33FN6/c1-28-14-19-11-18(3-4-23(19)27)22-12-20(26)15-29-24(22)32-9-7-31(8-10-32)21-5-6-25(13-21)16-30(2)17-25/h3-4,11-12,14-15,21H,5-10,13,16-17,27H2,1-2H3. The number of benzene rings is 1. The van der Waals surface area contributed by atoms with Gasteiger partial charge in [0.2, 0.25) is 0 Å². The first-order valence-corrected chi connectivity index (χ1v) is 11.6. The summed E-state index contributed by atoms with van der Waals surface area (Å²) < 4.78 is 14.2. The van der Waals surface area contributed by atoms with E-state index in [0.29, 0.717) is 17.1 Å². The van der Waals surface area contributed by atoms with Crippen LogP contribution >= 0.6 is 0 Å². The molecule has 1 aromatic carbocycles. The average Bonchev–Trinajstić information content (AvgIpc) is 3.21. The highest BCUT2D eigenvalue weighted by Gasteiger charge is 2.48. The minimum absolute atomic E-state index is 0.327. The van der Waals surface area contributed by atoms with Gasteiger partial charge in [-0.3, -0.25) is 9.89 Å². The van der Waals surface area contributed by atoms with Gasteiger partial charge < -0.3 is 15.5 Å². The van der Waals surface area contributed by atoms with Crippen LogP contribution in [0.4, 0.5) is 15.9 Å². The summed E-state index contributed by atoms with van der Waals surface area (Å²) in [5.41, 5.74) is 9.87. The lowest BCUT2D eigenvalue weighted by molar-refractivity contribution is 0.0204. The molecular weight excluding hydrogens is 403 g/mol. The van der Waals surface area contributed by atoms with Gasteiger partial charge in [0.1, 0.15) is 11.6 Å². The molecule has 2 saturated heterocycles. The maximum absolute atomic E-state index is 14.2. The summed E-state index contributed by atoms with van der Waals surface area (Å²) in [4.78, 5) is 16.0. The van der Waals surface area contributed by atoms with Crippen molar-refractivity contribution in [2.45, 2.75) is 25.3 Å². The molecule has 6 nitrogen and oxygen atoms in total. The molecular formula is C25H33FN6. The molecule has 3 heterocycles. The highest BCUT2D eigenvalue weighted by Crippen LogP contribution is 2.46. The molecule has 0 amide bonds. The summed E-state index contributed by atoms with van der Waals surface area (Å²) in [5, 5.41) is 0. The molecule has 0 radical (unpaired) electrons. The molecule has 2 aromatic rings. The number of piperazine rings is 1. The van der Waals surface area contributed by atoms with E-state index < -0.39 is 0 Å².